The molecule has 21 heavy (non-hydrogen) atoms. The van der Waals surface area contributed by atoms with E-state index in [4.69, 9.17) is 9.84 Å². The molecule has 4 nitrogen and oxygen atoms in total. The van der Waals surface area contributed by atoms with Crippen LogP contribution < -0.4 is 4.74 Å². The van der Waals surface area contributed by atoms with Crippen molar-refractivity contribution >= 4 is 5.97 Å². The second-order valence-electron chi connectivity index (χ2n) is 5.21. The van der Waals surface area contributed by atoms with Gasteiger partial charge in [-0.15, -0.1) is 0 Å². The number of hydrogen-bond donors (Lipinski definition) is 2. The van der Waals surface area contributed by atoms with Gasteiger partial charge in [-0.3, -0.25) is 0 Å². The second-order valence-corrected chi connectivity index (χ2v) is 5.21. The molecule has 2 aromatic carbocycles. The van der Waals surface area contributed by atoms with Crippen molar-refractivity contribution in [2.45, 2.75) is 25.6 Å². The summed E-state index contributed by atoms with van der Waals surface area (Å²) in [6.07, 6.45) is 1.30. The Morgan fingerprint density at radius 1 is 1.19 bits per heavy atom. The summed E-state index contributed by atoms with van der Waals surface area (Å²) in [4.78, 5) is 10.8. The predicted octanol–water partition coefficient (Wildman–Crippen LogP) is 2.94. The average Bonchev–Trinajstić information content (AvgIpc) is 2.86. The van der Waals surface area contributed by atoms with E-state index in [1.165, 1.54) is 0 Å². The van der Waals surface area contributed by atoms with Gasteiger partial charge in [0, 0.05) is 0 Å². The van der Waals surface area contributed by atoms with Gasteiger partial charge < -0.3 is 14.9 Å². The molecule has 0 spiro atoms. The van der Waals surface area contributed by atoms with Gasteiger partial charge in [-0.2, -0.15) is 0 Å². The summed E-state index contributed by atoms with van der Waals surface area (Å²) >= 11 is 0. The molecule has 0 aliphatic heterocycles. The van der Waals surface area contributed by atoms with Gasteiger partial charge >= 0.3 is 5.97 Å². The largest absolute Gasteiger partial charge is 0.489 e. The van der Waals surface area contributed by atoms with E-state index in [2.05, 4.69) is 0 Å². The molecule has 0 unspecified atom stereocenters. The molecule has 0 saturated carbocycles. The maximum Gasteiger partial charge on any atom is 0.335 e. The third-order valence-electron chi connectivity index (χ3n) is 3.77. The molecule has 0 heterocycles. The van der Waals surface area contributed by atoms with E-state index in [1.54, 1.807) is 24.3 Å². The summed E-state index contributed by atoms with van der Waals surface area (Å²) in [6, 6.07) is 12.4. The fourth-order valence-electron chi connectivity index (χ4n) is 2.57. The fraction of sp³-hybridized carbons (Fsp3) is 0.235. The molecule has 1 aliphatic carbocycles. The molecule has 0 fully saturated rings. The van der Waals surface area contributed by atoms with Crippen LogP contribution in [0.25, 0.3) is 0 Å². The fourth-order valence-corrected chi connectivity index (χ4v) is 2.57. The van der Waals surface area contributed by atoms with Crippen molar-refractivity contribution in [1.82, 2.24) is 0 Å². The number of benzene rings is 2. The number of fused-ring (bicyclic) bond motifs is 1. The van der Waals surface area contributed by atoms with Crippen molar-refractivity contribution < 1.29 is 19.7 Å². The molecule has 4 heteroatoms. The number of aliphatic hydroxyl groups excluding tert-OH is 1. The lowest BCUT2D eigenvalue weighted by molar-refractivity contribution is 0.0697. The van der Waals surface area contributed by atoms with E-state index < -0.39 is 5.97 Å². The molecule has 2 N–H and O–H groups in total. The minimum atomic E-state index is -0.931. The van der Waals surface area contributed by atoms with E-state index in [9.17, 15) is 9.90 Å². The molecule has 0 saturated heterocycles. The Morgan fingerprint density at radius 3 is 2.67 bits per heavy atom. The zero-order valence-corrected chi connectivity index (χ0v) is 11.5. The third-order valence-corrected chi connectivity index (χ3v) is 3.77. The molecule has 0 aromatic heterocycles. The average molecular weight is 284 g/mol. The van der Waals surface area contributed by atoms with Crippen molar-refractivity contribution in [2.24, 2.45) is 0 Å². The second kappa shape index (κ2) is 5.58. The van der Waals surface area contributed by atoms with Crippen LogP contribution >= 0.6 is 0 Å². The van der Waals surface area contributed by atoms with Crippen LogP contribution in [0.15, 0.2) is 42.5 Å². The van der Waals surface area contributed by atoms with Crippen LogP contribution in [0.2, 0.25) is 0 Å². The Kier molecular flexibility index (Phi) is 3.62. The lowest BCUT2D eigenvalue weighted by atomic mass is 10.1. The van der Waals surface area contributed by atoms with E-state index in [0.717, 1.165) is 35.3 Å². The van der Waals surface area contributed by atoms with E-state index in [-0.39, 0.29) is 11.7 Å². The summed E-state index contributed by atoms with van der Waals surface area (Å²) in [7, 11) is 0. The Balaban J connectivity index is 1.66. The van der Waals surface area contributed by atoms with Gasteiger partial charge in [0.1, 0.15) is 12.4 Å². The number of carbonyl (C=O) groups is 1. The lowest BCUT2D eigenvalue weighted by Crippen LogP contribution is -1.99. The third kappa shape index (κ3) is 2.90. The molecule has 108 valence electrons. The summed E-state index contributed by atoms with van der Waals surface area (Å²) in [5.74, 6) is -0.162. The highest BCUT2D eigenvalue weighted by Gasteiger charge is 2.20. The number of aryl methyl sites for hydroxylation is 1. The van der Waals surface area contributed by atoms with E-state index in [0.29, 0.717) is 6.61 Å². The van der Waals surface area contributed by atoms with Crippen LogP contribution in [0.5, 0.6) is 5.75 Å². The minimum Gasteiger partial charge on any atom is -0.489 e. The van der Waals surface area contributed by atoms with Crippen LogP contribution in [-0.2, 0) is 13.0 Å². The number of rotatable bonds is 4. The van der Waals surface area contributed by atoms with Crippen LogP contribution in [0.1, 0.15) is 39.6 Å². The van der Waals surface area contributed by atoms with Crippen LogP contribution in [0, 0.1) is 0 Å². The highest BCUT2D eigenvalue weighted by Crippen LogP contribution is 2.33. The number of ether oxygens (including phenoxy) is 1. The summed E-state index contributed by atoms with van der Waals surface area (Å²) in [5.41, 5.74) is 3.32. The Bertz CT molecular complexity index is 661. The predicted molar refractivity (Wildman–Crippen MR) is 77.5 cm³/mol. The van der Waals surface area contributed by atoms with Crippen molar-refractivity contribution in [3.8, 4) is 5.75 Å². The molecular weight excluding hydrogens is 268 g/mol. The normalized spacial score (nSPS) is 16.5. The van der Waals surface area contributed by atoms with E-state index in [1.807, 2.05) is 18.2 Å². The quantitative estimate of drug-likeness (QED) is 0.906. The zero-order valence-electron chi connectivity index (χ0n) is 11.5. The maximum atomic E-state index is 10.8. The number of aromatic carboxylic acids is 1. The number of aliphatic hydroxyl groups is 1. The topological polar surface area (TPSA) is 66.8 Å². The van der Waals surface area contributed by atoms with Gasteiger partial charge in [0.25, 0.3) is 0 Å². The van der Waals surface area contributed by atoms with Gasteiger partial charge in [-0.25, -0.2) is 4.79 Å². The monoisotopic (exact) mass is 284 g/mol. The molecular formula is C17H16O4. The van der Waals surface area contributed by atoms with Gasteiger partial charge in [-0.05, 0) is 53.8 Å². The maximum absolute atomic E-state index is 10.8. The standard InChI is InChI=1S/C17H16O4/c18-16-8-5-13-9-14(6-7-15(13)16)21-10-11-1-3-12(4-2-11)17(19)20/h1-4,6-7,9,16,18H,5,8,10H2,(H,19,20)/t16-/m1/s1. The van der Waals surface area contributed by atoms with Crippen molar-refractivity contribution in [3.63, 3.8) is 0 Å². The van der Waals surface area contributed by atoms with Gasteiger partial charge in [0.05, 0.1) is 11.7 Å². The van der Waals surface area contributed by atoms with E-state index >= 15 is 0 Å². The van der Waals surface area contributed by atoms with Crippen LogP contribution in [0.3, 0.4) is 0 Å². The Morgan fingerprint density at radius 2 is 1.95 bits per heavy atom. The van der Waals surface area contributed by atoms with Gasteiger partial charge in [0.2, 0.25) is 0 Å². The van der Waals surface area contributed by atoms with Crippen molar-refractivity contribution in [3.05, 3.63) is 64.7 Å². The number of hydrogen-bond acceptors (Lipinski definition) is 3. The molecule has 0 radical (unpaired) electrons. The summed E-state index contributed by atoms with van der Waals surface area (Å²) in [6.45, 7) is 0.390. The first kappa shape index (κ1) is 13.6. The Labute approximate surface area is 122 Å². The first-order chi connectivity index (χ1) is 10.1. The Hall–Kier alpha value is -2.33. The lowest BCUT2D eigenvalue weighted by Gasteiger charge is -2.09. The van der Waals surface area contributed by atoms with Crippen LogP contribution in [-0.4, -0.2) is 16.2 Å². The van der Waals surface area contributed by atoms with Gasteiger partial charge in [-0.1, -0.05) is 18.2 Å². The zero-order chi connectivity index (χ0) is 14.8. The summed E-state index contributed by atoms with van der Waals surface area (Å²) in [5, 5.41) is 18.6. The molecule has 0 amide bonds. The first-order valence-corrected chi connectivity index (χ1v) is 6.89. The summed E-state index contributed by atoms with van der Waals surface area (Å²) < 4.78 is 5.72. The SMILES string of the molecule is O=C(O)c1ccc(COc2ccc3c(c2)CC[C@H]3O)cc1. The minimum absolute atomic E-state index is 0.269. The molecule has 2 aromatic rings. The smallest absolute Gasteiger partial charge is 0.335 e. The molecule has 3 rings (SSSR count). The molecule has 1 aliphatic rings. The highest BCUT2D eigenvalue weighted by molar-refractivity contribution is 5.87. The highest BCUT2D eigenvalue weighted by atomic mass is 16.5. The number of carboxylic acid groups (broad SMARTS) is 1. The number of carboxylic acids is 1. The molecule has 1 atom stereocenters. The van der Waals surface area contributed by atoms with Gasteiger partial charge in [0.15, 0.2) is 0 Å². The van der Waals surface area contributed by atoms with Crippen molar-refractivity contribution in [1.29, 1.82) is 0 Å². The first-order valence-electron chi connectivity index (χ1n) is 6.89. The van der Waals surface area contributed by atoms with Crippen molar-refractivity contribution in [2.75, 3.05) is 0 Å². The van der Waals surface area contributed by atoms with Crippen LogP contribution in [0.4, 0.5) is 0 Å². The molecule has 0 bridgehead atoms.